The highest BCUT2D eigenvalue weighted by Crippen LogP contribution is 2.34. The minimum atomic E-state index is -3.55. The number of aromatic nitrogens is 2. The van der Waals surface area contributed by atoms with Gasteiger partial charge in [-0.2, -0.15) is 4.98 Å². The molecule has 1 aromatic heterocycles. The number of nitrogens with zero attached hydrogens (tertiary/aromatic N) is 3. The van der Waals surface area contributed by atoms with Crippen LogP contribution in [0, 0.1) is 0 Å². The zero-order valence-corrected chi connectivity index (χ0v) is 24.4. The fraction of sp³-hybridized carbons (Fsp3) is 0.407. The molecular formula is C27H35ClN6O5S. The molecule has 13 heteroatoms. The number of ether oxygens (including phenoxy) is 3. The number of benzene rings is 2. The summed E-state index contributed by atoms with van der Waals surface area (Å²) in [6, 6.07) is 10.4. The summed E-state index contributed by atoms with van der Waals surface area (Å²) in [5.74, 6) is 2.28. The summed E-state index contributed by atoms with van der Waals surface area (Å²) >= 11 is 6.38. The monoisotopic (exact) mass is 590 g/mol. The summed E-state index contributed by atoms with van der Waals surface area (Å²) in [5, 5.41) is 6.48. The Morgan fingerprint density at radius 3 is 2.42 bits per heavy atom. The maximum atomic E-state index is 11.9. The van der Waals surface area contributed by atoms with E-state index in [4.69, 9.17) is 25.8 Å². The van der Waals surface area contributed by atoms with E-state index in [2.05, 4.69) is 30.2 Å². The van der Waals surface area contributed by atoms with Crippen LogP contribution < -0.4 is 29.6 Å². The van der Waals surface area contributed by atoms with Gasteiger partial charge >= 0.3 is 0 Å². The highest BCUT2D eigenvalue weighted by molar-refractivity contribution is 7.92. The van der Waals surface area contributed by atoms with Crippen LogP contribution >= 0.6 is 11.6 Å². The number of piperidine rings is 1. The summed E-state index contributed by atoms with van der Waals surface area (Å²) in [6.07, 6.45) is 7.34. The molecule has 0 unspecified atom stereocenters. The van der Waals surface area contributed by atoms with Crippen molar-refractivity contribution in [2.45, 2.75) is 25.7 Å². The summed E-state index contributed by atoms with van der Waals surface area (Å²) in [5.41, 5.74) is 1.32. The Morgan fingerprint density at radius 1 is 0.950 bits per heavy atom. The summed E-state index contributed by atoms with van der Waals surface area (Å²) in [7, 11) is -0.479. The van der Waals surface area contributed by atoms with Crippen LogP contribution in [0.25, 0.3) is 0 Å². The molecule has 216 valence electrons. The van der Waals surface area contributed by atoms with Gasteiger partial charge in [-0.3, -0.25) is 4.72 Å². The molecule has 1 aliphatic heterocycles. The van der Waals surface area contributed by atoms with Gasteiger partial charge in [0.05, 0.1) is 50.3 Å². The van der Waals surface area contributed by atoms with Crippen LogP contribution in [0.2, 0.25) is 5.02 Å². The van der Waals surface area contributed by atoms with E-state index in [9.17, 15) is 8.42 Å². The van der Waals surface area contributed by atoms with E-state index in [-0.39, 0.29) is 22.5 Å². The van der Waals surface area contributed by atoms with Crippen molar-refractivity contribution < 1.29 is 22.6 Å². The fourth-order valence-corrected chi connectivity index (χ4v) is 5.05. The van der Waals surface area contributed by atoms with E-state index in [0.717, 1.165) is 19.2 Å². The van der Waals surface area contributed by atoms with E-state index in [0.29, 0.717) is 35.2 Å². The van der Waals surface area contributed by atoms with E-state index < -0.39 is 10.0 Å². The number of rotatable bonds is 13. The van der Waals surface area contributed by atoms with Crippen LogP contribution in [0.4, 0.5) is 28.8 Å². The van der Waals surface area contributed by atoms with Crippen LogP contribution in [0.15, 0.2) is 42.6 Å². The molecule has 1 saturated heterocycles. The maximum absolute atomic E-state index is 11.9. The molecule has 11 nitrogen and oxygen atoms in total. The Hall–Kier alpha value is -3.48. The molecule has 0 bridgehead atoms. The molecule has 0 aliphatic carbocycles. The second kappa shape index (κ2) is 13.7. The summed E-state index contributed by atoms with van der Waals surface area (Å²) in [4.78, 5) is 11.3. The zero-order chi connectivity index (χ0) is 28.5. The van der Waals surface area contributed by atoms with E-state index in [1.54, 1.807) is 25.3 Å². The molecule has 3 aromatic rings. The normalized spacial score (nSPS) is 13.9. The quantitative estimate of drug-likeness (QED) is 0.227. The van der Waals surface area contributed by atoms with Crippen LogP contribution in [0.3, 0.4) is 0 Å². The summed E-state index contributed by atoms with van der Waals surface area (Å²) < 4.78 is 43.0. The number of halogens is 1. The van der Waals surface area contributed by atoms with Gasteiger partial charge in [0, 0.05) is 18.7 Å². The largest absolute Gasteiger partial charge is 0.497 e. The third-order valence-electron chi connectivity index (χ3n) is 6.27. The van der Waals surface area contributed by atoms with Crippen molar-refractivity contribution in [3.63, 3.8) is 0 Å². The van der Waals surface area contributed by atoms with E-state index in [1.165, 1.54) is 45.7 Å². The predicted molar refractivity (Wildman–Crippen MR) is 158 cm³/mol. The first-order valence-electron chi connectivity index (χ1n) is 13.0. The molecule has 1 fully saturated rings. The number of sulfonamides is 1. The second-order valence-electron chi connectivity index (χ2n) is 9.39. The lowest BCUT2D eigenvalue weighted by atomic mass is 10.1. The van der Waals surface area contributed by atoms with Crippen molar-refractivity contribution >= 4 is 50.5 Å². The van der Waals surface area contributed by atoms with Gasteiger partial charge in [-0.05, 0) is 56.6 Å². The molecule has 2 aromatic carbocycles. The van der Waals surface area contributed by atoms with Crippen LogP contribution in [-0.2, 0) is 10.0 Å². The predicted octanol–water partition coefficient (Wildman–Crippen LogP) is 5.26. The zero-order valence-electron chi connectivity index (χ0n) is 22.9. The first-order valence-corrected chi connectivity index (χ1v) is 15.3. The smallest absolute Gasteiger partial charge is 0.229 e. The number of hydrogen-bond acceptors (Lipinski definition) is 10. The molecular weight excluding hydrogens is 556 g/mol. The average Bonchev–Trinajstić information content (AvgIpc) is 2.93. The lowest BCUT2D eigenvalue weighted by Gasteiger charge is -2.26. The van der Waals surface area contributed by atoms with Crippen molar-refractivity contribution in [1.29, 1.82) is 0 Å². The fourth-order valence-electron chi connectivity index (χ4n) is 4.34. The topological polar surface area (TPSA) is 127 Å². The molecule has 0 atom stereocenters. The van der Waals surface area contributed by atoms with Crippen LogP contribution in [0.1, 0.15) is 25.7 Å². The average molecular weight is 591 g/mol. The van der Waals surface area contributed by atoms with Crippen LogP contribution in [-0.4, -0.2) is 70.0 Å². The molecule has 4 rings (SSSR count). The number of likely N-dealkylation sites (tertiary alicyclic amines) is 1. The number of nitrogens with one attached hydrogen (secondary N) is 3. The molecule has 1 aliphatic rings. The molecule has 0 spiro atoms. The molecule has 2 heterocycles. The highest BCUT2D eigenvalue weighted by Gasteiger charge is 2.15. The number of hydrogen-bond donors (Lipinski definition) is 3. The van der Waals surface area contributed by atoms with Crippen molar-refractivity contribution in [2.24, 2.45) is 0 Å². The first-order chi connectivity index (χ1) is 19.2. The second-order valence-corrected chi connectivity index (χ2v) is 11.5. The van der Waals surface area contributed by atoms with Crippen molar-refractivity contribution in [1.82, 2.24) is 14.9 Å². The molecule has 3 N–H and O–H groups in total. The van der Waals surface area contributed by atoms with Gasteiger partial charge in [-0.1, -0.05) is 18.0 Å². The lowest BCUT2D eigenvalue weighted by Crippen LogP contribution is -2.31. The van der Waals surface area contributed by atoms with Gasteiger partial charge in [0.25, 0.3) is 0 Å². The Kier molecular flexibility index (Phi) is 10.1. The minimum absolute atomic E-state index is 0.240. The van der Waals surface area contributed by atoms with Crippen molar-refractivity contribution in [2.75, 3.05) is 62.1 Å². The van der Waals surface area contributed by atoms with Gasteiger partial charge in [0.1, 0.15) is 22.3 Å². The van der Waals surface area contributed by atoms with Gasteiger partial charge < -0.3 is 29.7 Å². The van der Waals surface area contributed by atoms with Gasteiger partial charge in [-0.25, -0.2) is 13.4 Å². The van der Waals surface area contributed by atoms with E-state index in [1.807, 2.05) is 18.2 Å². The highest BCUT2D eigenvalue weighted by atomic mass is 35.5. The third kappa shape index (κ3) is 8.51. The maximum Gasteiger partial charge on any atom is 0.229 e. The van der Waals surface area contributed by atoms with Crippen molar-refractivity contribution in [3.05, 3.63) is 47.6 Å². The number of anilines is 5. The minimum Gasteiger partial charge on any atom is -0.497 e. The van der Waals surface area contributed by atoms with Gasteiger partial charge in [0.2, 0.25) is 16.0 Å². The Bertz CT molecular complexity index is 1400. The van der Waals surface area contributed by atoms with E-state index >= 15 is 0 Å². The molecule has 0 radical (unpaired) electrons. The SMILES string of the molecule is COc1ccc(Nc2nc(Nc3cc(OCCCN4CCCCC4)ccc3OC)ncc2Cl)c(NS(C)(=O)=O)c1. The molecule has 0 saturated carbocycles. The summed E-state index contributed by atoms with van der Waals surface area (Å²) in [6.45, 7) is 3.98. The standard InChI is InChI=1S/C27H35ClN6O5S/c1-37-19-8-10-22(23(16-19)33-40(3,35)36)30-26-21(28)18-29-27(32-26)31-24-17-20(9-11-25(24)38-2)39-15-7-14-34-12-5-4-6-13-34/h8-11,16-18,33H,4-7,12-15H2,1-3H3,(H2,29,30,31,32). The third-order valence-corrected chi connectivity index (χ3v) is 7.14. The van der Waals surface area contributed by atoms with Crippen LogP contribution in [0.5, 0.6) is 17.2 Å². The molecule has 0 amide bonds. The number of methoxy groups -OCH3 is 2. The Morgan fingerprint density at radius 2 is 1.70 bits per heavy atom. The molecule has 40 heavy (non-hydrogen) atoms. The van der Waals surface area contributed by atoms with Gasteiger partial charge in [-0.15, -0.1) is 0 Å². The first kappa shape index (κ1) is 29.5. The Labute approximate surface area is 240 Å². The van der Waals surface area contributed by atoms with Crippen molar-refractivity contribution in [3.8, 4) is 17.2 Å². The Balaban J connectivity index is 1.47. The lowest BCUT2D eigenvalue weighted by molar-refractivity contribution is 0.205. The van der Waals surface area contributed by atoms with Gasteiger partial charge in [0.15, 0.2) is 5.82 Å².